The zero-order valence-corrected chi connectivity index (χ0v) is 42.2. The number of halogens is 2. The number of benzene rings is 2. The summed E-state index contributed by atoms with van der Waals surface area (Å²) in [4.78, 5) is 44.8. The lowest BCUT2D eigenvalue weighted by Crippen LogP contribution is -2.55. The van der Waals surface area contributed by atoms with Crippen molar-refractivity contribution in [1.82, 2.24) is 9.97 Å². The van der Waals surface area contributed by atoms with Crippen molar-refractivity contribution in [3.05, 3.63) is 83.7 Å². The minimum absolute atomic E-state index is 0.0164. The van der Waals surface area contributed by atoms with Crippen LogP contribution in [-0.2, 0) is 41.6 Å². The van der Waals surface area contributed by atoms with Gasteiger partial charge in [0.1, 0.15) is 23.1 Å². The molecule has 0 radical (unpaired) electrons. The number of nitrogens with zero attached hydrogens (tertiary/aromatic N) is 6. The second-order valence-electron chi connectivity index (χ2n) is 21.7. The Morgan fingerprint density at radius 1 is 0.611 bits per heavy atom. The number of morpholine rings is 2. The van der Waals surface area contributed by atoms with Crippen LogP contribution in [0.2, 0.25) is 0 Å². The van der Waals surface area contributed by atoms with Crippen LogP contribution >= 0.6 is 0 Å². The Hall–Kier alpha value is -5.42. The van der Waals surface area contributed by atoms with Crippen molar-refractivity contribution in [1.29, 1.82) is 0 Å². The summed E-state index contributed by atoms with van der Waals surface area (Å²) in [5.74, 6) is 0.566. The van der Waals surface area contributed by atoms with Crippen LogP contribution in [0.15, 0.2) is 60.9 Å². The van der Waals surface area contributed by atoms with E-state index in [1.165, 1.54) is 6.07 Å². The number of amides is 2. The minimum Gasteiger partial charge on any atom is -0.376 e. The first kappa shape index (κ1) is 48.8. The standard InChI is InChI=1S/2C28H35FN4O3/c1-17(2)36-21-8-5-18(6-9-21)28(34)33-14-19-4-3-13-30-27(19)31-23-11-12-24(25(29)26(23)33)32-15-22-10-7-20(32)16-35-22;1-17(2)36-21-8-5-18(6-9-21)28(34)33-14-19-4-3-11-30-27(19)31-24-12-23(29)25(13-26(24)33)32-15-22-10-7-20(32)16-35-22/h2*3-4,11-13,17-18,20-22H,5-10,14-16H2,1-2H3,(H,30,31). The van der Waals surface area contributed by atoms with Crippen LogP contribution in [0, 0.1) is 23.5 Å². The fourth-order valence-electron chi connectivity index (χ4n) is 12.5. The van der Waals surface area contributed by atoms with Crippen LogP contribution in [0.4, 0.5) is 54.5 Å². The van der Waals surface area contributed by atoms with E-state index in [2.05, 4.69) is 44.2 Å². The summed E-state index contributed by atoms with van der Waals surface area (Å²) < 4.78 is 55.8. The molecule has 2 saturated carbocycles. The zero-order chi connectivity index (χ0) is 49.6. The van der Waals surface area contributed by atoms with Crippen molar-refractivity contribution in [2.75, 3.05) is 56.5 Å². The van der Waals surface area contributed by atoms with Crippen LogP contribution in [0.25, 0.3) is 0 Å². The van der Waals surface area contributed by atoms with Gasteiger partial charge in [0.15, 0.2) is 5.82 Å². The van der Waals surface area contributed by atoms with Gasteiger partial charge in [-0.05, 0) is 135 Å². The van der Waals surface area contributed by atoms with Crippen molar-refractivity contribution in [2.24, 2.45) is 11.8 Å². The second kappa shape index (κ2) is 20.8. The molecule has 8 fully saturated rings. The number of ether oxygens (including phenoxy) is 4. The Labute approximate surface area is 422 Å². The molecule has 2 N–H and O–H groups in total. The average Bonchev–Trinajstić information content (AvgIpc) is 3.67. The van der Waals surface area contributed by atoms with Gasteiger partial charge in [-0.1, -0.05) is 12.1 Å². The maximum absolute atomic E-state index is 16.5. The maximum atomic E-state index is 16.5. The molecule has 10 heterocycles. The van der Waals surface area contributed by atoms with Crippen molar-refractivity contribution < 1.29 is 37.3 Å². The number of carbonyl (C=O) groups is 2. The molecule has 2 aliphatic carbocycles. The first-order valence-electron chi connectivity index (χ1n) is 26.7. The van der Waals surface area contributed by atoms with E-state index in [1.54, 1.807) is 17.3 Å². The molecule has 0 spiro atoms. The Morgan fingerprint density at radius 3 is 1.62 bits per heavy atom. The first-order chi connectivity index (χ1) is 34.9. The summed E-state index contributed by atoms with van der Waals surface area (Å²) in [7, 11) is 0. The Bertz CT molecular complexity index is 2570. The summed E-state index contributed by atoms with van der Waals surface area (Å²) in [5, 5.41) is 6.63. The Balaban J connectivity index is 0.000000156. The lowest BCUT2D eigenvalue weighted by atomic mass is 9.86. The van der Waals surface area contributed by atoms with E-state index >= 15 is 8.78 Å². The number of piperidine rings is 2. The van der Waals surface area contributed by atoms with E-state index < -0.39 is 0 Å². The lowest BCUT2D eigenvalue weighted by Gasteiger charge is -2.46. The van der Waals surface area contributed by atoms with E-state index in [1.807, 2.05) is 61.2 Å². The number of carbonyl (C=O) groups excluding carboxylic acids is 2. The molecule has 14 nitrogen and oxygen atoms in total. The summed E-state index contributed by atoms with van der Waals surface area (Å²) in [6.45, 7) is 11.5. The Morgan fingerprint density at radius 2 is 1.12 bits per heavy atom. The van der Waals surface area contributed by atoms with Crippen LogP contribution in [-0.4, -0.2) is 96.8 Å². The van der Waals surface area contributed by atoms with Gasteiger partial charge in [-0.2, -0.15) is 0 Å². The molecule has 72 heavy (non-hydrogen) atoms. The highest BCUT2D eigenvalue weighted by Crippen LogP contribution is 2.46. The van der Waals surface area contributed by atoms with Gasteiger partial charge in [0.05, 0.1) is 103 Å². The summed E-state index contributed by atoms with van der Waals surface area (Å²) >= 11 is 0. The molecule has 8 aliphatic heterocycles. The number of hydrogen-bond donors (Lipinski definition) is 2. The van der Waals surface area contributed by atoms with E-state index in [0.717, 1.165) is 93.9 Å². The average molecular weight is 989 g/mol. The highest BCUT2D eigenvalue weighted by atomic mass is 19.1. The molecule has 4 bridgehead atoms. The first-order valence-corrected chi connectivity index (χ1v) is 26.7. The summed E-state index contributed by atoms with van der Waals surface area (Å²) in [6.07, 6.45) is 15.1. The van der Waals surface area contributed by atoms with Gasteiger partial charge in [-0.25, -0.2) is 18.7 Å². The van der Waals surface area contributed by atoms with Gasteiger partial charge in [0.2, 0.25) is 11.8 Å². The highest BCUT2D eigenvalue weighted by molar-refractivity contribution is 6.01. The topological polar surface area (TPSA) is 134 Å². The lowest BCUT2D eigenvalue weighted by molar-refractivity contribution is -0.125. The van der Waals surface area contributed by atoms with Crippen molar-refractivity contribution in [3.8, 4) is 0 Å². The highest BCUT2D eigenvalue weighted by Gasteiger charge is 2.41. The van der Waals surface area contributed by atoms with E-state index in [9.17, 15) is 9.59 Å². The molecule has 10 aliphatic rings. The minimum atomic E-state index is -0.342. The van der Waals surface area contributed by atoms with Crippen LogP contribution in [0.1, 0.15) is 116 Å². The van der Waals surface area contributed by atoms with Gasteiger partial charge >= 0.3 is 0 Å². The molecule has 384 valence electrons. The third-order valence-corrected chi connectivity index (χ3v) is 16.2. The van der Waals surface area contributed by atoms with Gasteiger partial charge in [0, 0.05) is 54.5 Å². The van der Waals surface area contributed by atoms with Crippen LogP contribution in [0.3, 0.4) is 0 Å². The fourth-order valence-corrected chi connectivity index (χ4v) is 12.5. The van der Waals surface area contributed by atoms with Crippen LogP contribution < -0.4 is 30.2 Å². The number of anilines is 8. The molecule has 2 aromatic heterocycles. The largest absolute Gasteiger partial charge is 0.376 e. The van der Waals surface area contributed by atoms with Crippen molar-refractivity contribution in [2.45, 2.75) is 167 Å². The van der Waals surface area contributed by atoms with Crippen LogP contribution in [0.5, 0.6) is 0 Å². The van der Waals surface area contributed by atoms with E-state index in [0.29, 0.717) is 79.5 Å². The zero-order valence-electron chi connectivity index (χ0n) is 42.2. The van der Waals surface area contributed by atoms with Crippen molar-refractivity contribution in [3.63, 3.8) is 0 Å². The summed E-state index contributed by atoms with van der Waals surface area (Å²) in [5.41, 5.74) is 5.13. The SMILES string of the molecule is CC(C)OC1CCC(C(=O)N2Cc3cccnc3Nc3cc(F)c(N4CC5CCC4CO5)cc32)CC1.CC(C)OC1CCC(C(=O)N2Cc3cccnc3Nc3ccc(N4CC5CCC4CO5)c(F)c32)CC1. The maximum Gasteiger partial charge on any atom is 0.230 e. The number of aromatic nitrogens is 2. The van der Waals surface area contributed by atoms with Gasteiger partial charge in [0.25, 0.3) is 0 Å². The Kier molecular flexibility index (Phi) is 14.1. The van der Waals surface area contributed by atoms with E-state index in [4.69, 9.17) is 18.9 Å². The third-order valence-electron chi connectivity index (χ3n) is 16.2. The number of nitrogens with one attached hydrogen (secondary N) is 2. The number of pyridine rings is 2. The number of fused-ring (bicyclic) bond motifs is 10. The number of rotatable bonds is 8. The molecule has 16 heteroatoms. The number of hydrogen-bond acceptors (Lipinski definition) is 12. The quantitative estimate of drug-likeness (QED) is 0.174. The fraction of sp³-hybridized carbons (Fsp3) is 0.571. The normalized spacial score (nSPS) is 27.3. The third kappa shape index (κ3) is 10.00. The molecular weight excluding hydrogens is 919 g/mol. The predicted molar refractivity (Wildman–Crippen MR) is 274 cm³/mol. The molecule has 2 aromatic carbocycles. The molecule has 4 aromatic rings. The molecular formula is C56H70F2N8O6. The second-order valence-corrected chi connectivity index (χ2v) is 21.7. The van der Waals surface area contributed by atoms with Gasteiger partial charge in [-0.15, -0.1) is 0 Å². The van der Waals surface area contributed by atoms with E-state index in [-0.39, 0.29) is 84.0 Å². The van der Waals surface area contributed by atoms with Crippen molar-refractivity contribution >= 4 is 57.6 Å². The molecule has 4 unspecified atom stereocenters. The molecule has 6 saturated heterocycles. The molecule has 2 amide bonds. The predicted octanol–water partition coefficient (Wildman–Crippen LogP) is 10.3. The monoisotopic (exact) mass is 989 g/mol. The van der Waals surface area contributed by atoms with Gasteiger partial charge < -0.3 is 49.2 Å². The molecule has 4 atom stereocenters. The van der Waals surface area contributed by atoms with Gasteiger partial charge in [-0.3, -0.25) is 9.59 Å². The summed E-state index contributed by atoms with van der Waals surface area (Å²) in [6, 6.07) is 15.1. The molecule has 14 rings (SSSR count). The smallest absolute Gasteiger partial charge is 0.230 e.